The van der Waals surface area contributed by atoms with Gasteiger partial charge in [0.05, 0.1) is 18.4 Å². The molecule has 2 bridgehead atoms. The monoisotopic (exact) mass is 285 g/mol. The molecule has 4 nitrogen and oxygen atoms in total. The van der Waals surface area contributed by atoms with E-state index in [1.807, 2.05) is 6.07 Å². The van der Waals surface area contributed by atoms with Crippen LogP contribution in [0.3, 0.4) is 0 Å². The molecule has 0 N–H and O–H groups in total. The van der Waals surface area contributed by atoms with Crippen molar-refractivity contribution in [3.8, 4) is 5.75 Å². The Morgan fingerprint density at radius 2 is 2.10 bits per heavy atom. The summed E-state index contributed by atoms with van der Waals surface area (Å²) in [7, 11) is 1.60. The lowest BCUT2D eigenvalue weighted by molar-refractivity contribution is -0.114. The molecule has 2 aliphatic carbocycles. The van der Waals surface area contributed by atoms with Crippen molar-refractivity contribution in [1.82, 2.24) is 0 Å². The van der Waals surface area contributed by atoms with Crippen LogP contribution in [0, 0.1) is 17.8 Å². The molecule has 1 aromatic carbocycles. The number of fused-ring (bicyclic) bond motifs is 3. The quantitative estimate of drug-likeness (QED) is 0.802. The van der Waals surface area contributed by atoms with E-state index in [-0.39, 0.29) is 11.7 Å². The molecule has 2 saturated carbocycles. The summed E-state index contributed by atoms with van der Waals surface area (Å²) in [5.74, 6) is 2.08. The Hall–Kier alpha value is -1.84. The molecule has 3 unspecified atom stereocenters. The van der Waals surface area contributed by atoms with Crippen molar-refractivity contribution in [2.45, 2.75) is 25.7 Å². The van der Waals surface area contributed by atoms with Crippen molar-refractivity contribution >= 4 is 17.4 Å². The molecule has 0 spiro atoms. The molecule has 3 atom stereocenters. The average Bonchev–Trinajstić information content (AvgIpc) is 3.18. The van der Waals surface area contributed by atoms with Gasteiger partial charge in [-0.1, -0.05) is 6.42 Å². The molecular weight excluding hydrogens is 266 g/mol. The van der Waals surface area contributed by atoms with Crippen LogP contribution in [0.1, 0.15) is 36.0 Å². The van der Waals surface area contributed by atoms with Crippen LogP contribution >= 0.6 is 0 Å². The van der Waals surface area contributed by atoms with Crippen molar-refractivity contribution in [3.63, 3.8) is 0 Å². The summed E-state index contributed by atoms with van der Waals surface area (Å²) in [6.07, 6.45) is 5.16. The summed E-state index contributed by atoms with van der Waals surface area (Å²) in [6, 6.07) is 5.26. The highest BCUT2D eigenvalue weighted by Crippen LogP contribution is 2.49. The molecule has 1 amide bonds. The van der Waals surface area contributed by atoms with Crippen LogP contribution < -0.4 is 9.64 Å². The normalized spacial score (nSPS) is 30.1. The van der Waals surface area contributed by atoms with Crippen molar-refractivity contribution in [2.75, 3.05) is 18.6 Å². The molecule has 1 heterocycles. The second-order valence-electron chi connectivity index (χ2n) is 6.56. The second kappa shape index (κ2) is 4.58. The number of carbonyl (C=O) groups is 2. The van der Waals surface area contributed by atoms with Gasteiger partial charge in [0.25, 0.3) is 11.7 Å². The number of nitrogens with zero attached hydrogens (tertiary/aromatic N) is 1. The zero-order chi connectivity index (χ0) is 14.6. The van der Waals surface area contributed by atoms with Gasteiger partial charge in [0.15, 0.2) is 0 Å². The van der Waals surface area contributed by atoms with Gasteiger partial charge in [-0.25, -0.2) is 0 Å². The van der Waals surface area contributed by atoms with Gasteiger partial charge in [-0.3, -0.25) is 9.59 Å². The van der Waals surface area contributed by atoms with Crippen LogP contribution in [0.2, 0.25) is 0 Å². The van der Waals surface area contributed by atoms with Crippen molar-refractivity contribution < 1.29 is 14.3 Å². The fourth-order valence-electron chi connectivity index (χ4n) is 4.42. The van der Waals surface area contributed by atoms with E-state index < -0.39 is 0 Å². The van der Waals surface area contributed by atoms with Crippen LogP contribution in [0.4, 0.5) is 5.69 Å². The van der Waals surface area contributed by atoms with Crippen LogP contribution in [0.25, 0.3) is 0 Å². The number of ether oxygens (including phenoxy) is 1. The highest BCUT2D eigenvalue weighted by atomic mass is 16.5. The average molecular weight is 285 g/mol. The first-order chi connectivity index (χ1) is 10.2. The summed E-state index contributed by atoms with van der Waals surface area (Å²) < 4.78 is 5.23. The van der Waals surface area contributed by atoms with E-state index in [1.165, 1.54) is 25.7 Å². The van der Waals surface area contributed by atoms with Gasteiger partial charge < -0.3 is 9.64 Å². The van der Waals surface area contributed by atoms with Crippen molar-refractivity contribution in [2.24, 2.45) is 17.8 Å². The van der Waals surface area contributed by atoms with Crippen LogP contribution in [0.15, 0.2) is 18.2 Å². The maximum atomic E-state index is 12.3. The van der Waals surface area contributed by atoms with Gasteiger partial charge in [-0.15, -0.1) is 0 Å². The van der Waals surface area contributed by atoms with E-state index in [4.69, 9.17) is 4.74 Å². The van der Waals surface area contributed by atoms with Gasteiger partial charge in [-0.2, -0.15) is 0 Å². The predicted molar refractivity (Wildman–Crippen MR) is 78.6 cm³/mol. The Kier molecular flexibility index (Phi) is 2.81. The first-order valence-electron chi connectivity index (χ1n) is 7.71. The summed E-state index contributed by atoms with van der Waals surface area (Å²) >= 11 is 0. The topological polar surface area (TPSA) is 46.6 Å². The van der Waals surface area contributed by atoms with Crippen molar-refractivity contribution in [1.29, 1.82) is 0 Å². The number of amides is 1. The number of ketones is 1. The van der Waals surface area contributed by atoms with E-state index in [0.29, 0.717) is 23.8 Å². The van der Waals surface area contributed by atoms with Crippen LogP contribution in [0.5, 0.6) is 5.75 Å². The summed E-state index contributed by atoms with van der Waals surface area (Å²) in [6.45, 7) is 0.686. The molecule has 3 aliphatic rings. The van der Waals surface area contributed by atoms with E-state index in [2.05, 4.69) is 0 Å². The molecule has 1 aromatic rings. The van der Waals surface area contributed by atoms with Crippen LogP contribution in [-0.4, -0.2) is 25.3 Å². The summed E-state index contributed by atoms with van der Waals surface area (Å²) in [5.41, 5.74) is 1.25. The van der Waals surface area contributed by atoms with E-state index >= 15 is 0 Å². The minimum Gasteiger partial charge on any atom is -0.497 e. The first-order valence-corrected chi connectivity index (χ1v) is 7.71. The molecule has 2 fully saturated rings. The number of benzene rings is 1. The third kappa shape index (κ3) is 1.88. The minimum absolute atomic E-state index is 0.374. The number of hydrogen-bond acceptors (Lipinski definition) is 3. The highest BCUT2D eigenvalue weighted by molar-refractivity contribution is 6.52. The Morgan fingerprint density at radius 3 is 2.76 bits per heavy atom. The molecule has 110 valence electrons. The molecule has 21 heavy (non-hydrogen) atoms. The Balaban J connectivity index is 1.63. The number of rotatable bonds is 3. The summed E-state index contributed by atoms with van der Waals surface area (Å²) in [5, 5.41) is 0. The van der Waals surface area contributed by atoms with Gasteiger partial charge in [0.2, 0.25) is 0 Å². The van der Waals surface area contributed by atoms with Crippen molar-refractivity contribution in [3.05, 3.63) is 23.8 Å². The molecule has 4 heteroatoms. The standard InChI is InChI=1S/C17H19NO3/c1-21-13-4-5-14-15(8-13)18(17(20)16(14)19)9-12-7-10-2-3-11(12)6-10/h4-5,8,10-12H,2-3,6-7,9H2,1H3. The number of methoxy groups -OCH3 is 1. The van der Waals surface area contributed by atoms with Gasteiger partial charge in [0.1, 0.15) is 5.75 Å². The number of carbonyl (C=O) groups excluding carboxylic acids is 2. The van der Waals surface area contributed by atoms with E-state index in [1.54, 1.807) is 24.1 Å². The maximum absolute atomic E-state index is 12.3. The third-order valence-corrected chi connectivity index (χ3v) is 5.48. The molecule has 4 rings (SSSR count). The Morgan fingerprint density at radius 1 is 1.24 bits per heavy atom. The minimum atomic E-state index is -0.379. The Labute approximate surface area is 124 Å². The molecular formula is C17H19NO3. The fourth-order valence-corrected chi connectivity index (χ4v) is 4.42. The lowest BCUT2D eigenvalue weighted by atomic mass is 9.88. The van der Waals surface area contributed by atoms with Gasteiger partial charge >= 0.3 is 0 Å². The maximum Gasteiger partial charge on any atom is 0.299 e. The number of hydrogen-bond donors (Lipinski definition) is 0. The van der Waals surface area contributed by atoms with E-state index in [0.717, 1.165) is 17.5 Å². The molecule has 0 saturated heterocycles. The third-order valence-electron chi connectivity index (χ3n) is 5.48. The molecule has 1 aliphatic heterocycles. The van der Waals surface area contributed by atoms with Gasteiger partial charge in [-0.05, 0) is 49.1 Å². The Bertz CT molecular complexity index is 624. The lowest BCUT2D eigenvalue weighted by Crippen LogP contribution is -2.36. The molecule has 0 radical (unpaired) electrons. The summed E-state index contributed by atoms with van der Waals surface area (Å²) in [4.78, 5) is 26.1. The lowest BCUT2D eigenvalue weighted by Gasteiger charge is -2.27. The fraction of sp³-hybridized carbons (Fsp3) is 0.529. The zero-order valence-corrected chi connectivity index (χ0v) is 12.2. The predicted octanol–water partition coefficient (Wildman–Crippen LogP) is 2.66. The zero-order valence-electron chi connectivity index (χ0n) is 12.2. The smallest absolute Gasteiger partial charge is 0.299 e. The highest BCUT2D eigenvalue weighted by Gasteiger charge is 2.43. The first kappa shape index (κ1) is 12.9. The second-order valence-corrected chi connectivity index (χ2v) is 6.56. The number of Topliss-reactive ketones (excluding diaryl/α,β-unsaturated/α-hetero) is 1. The van der Waals surface area contributed by atoms with Crippen LogP contribution in [-0.2, 0) is 4.79 Å². The molecule has 0 aromatic heterocycles. The van der Waals surface area contributed by atoms with Gasteiger partial charge in [0, 0.05) is 12.6 Å². The SMILES string of the molecule is COc1ccc2c(c1)N(CC1CC3CCC1C3)C(=O)C2=O. The number of anilines is 1. The van der Waals surface area contributed by atoms with E-state index in [9.17, 15) is 9.59 Å². The largest absolute Gasteiger partial charge is 0.497 e.